The van der Waals surface area contributed by atoms with Crippen molar-refractivity contribution in [3.8, 4) is 11.8 Å². The van der Waals surface area contributed by atoms with Crippen molar-refractivity contribution in [3.63, 3.8) is 0 Å². The van der Waals surface area contributed by atoms with E-state index in [1.54, 1.807) is 24.5 Å². The number of aromatic nitrogens is 2. The Morgan fingerprint density at radius 1 is 0.800 bits per heavy atom. The van der Waals surface area contributed by atoms with Gasteiger partial charge in [-0.2, -0.15) is 0 Å². The Kier molecular flexibility index (Phi) is 6.32. The van der Waals surface area contributed by atoms with Gasteiger partial charge in [0.15, 0.2) is 0 Å². The van der Waals surface area contributed by atoms with E-state index in [9.17, 15) is 9.59 Å². The highest BCUT2D eigenvalue weighted by Crippen LogP contribution is 2.11. The maximum absolute atomic E-state index is 12.1. The Labute approximate surface area is 175 Å². The lowest BCUT2D eigenvalue weighted by molar-refractivity contribution is -0.118. The fourth-order valence-electron chi connectivity index (χ4n) is 3.47. The zero-order valence-corrected chi connectivity index (χ0v) is 16.6. The molecule has 2 saturated heterocycles. The normalized spacial score (nSPS) is 20.3. The summed E-state index contributed by atoms with van der Waals surface area (Å²) in [7, 11) is 0. The maximum atomic E-state index is 12.1. The van der Waals surface area contributed by atoms with Crippen molar-refractivity contribution in [2.45, 2.75) is 37.8 Å². The number of hydrogen-bond donors (Lipinski definition) is 4. The van der Waals surface area contributed by atoms with E-state index in [0.717, 1.165) is 49.9 Å². The number of carbonyl (C=O) groups is 2. The number of nitrogens with one attached hydrogen (secondary N) is 4. The highest BCUT2D eigenvalue weighted by atomic mass is 16.2. The molecule has 8 nitrogen and oxygen atoms in total. The van der Waals surface area contributed by atoms with E-state index in [1.807, 2.05) is 12.1 Å². The van der Waals surface area contributed by atoms with Crippen LogP contribution >= 0.6 is 0 Å². The summed E-state index contributed by atoms with van der Waals surface area (Å²) in [4.78, 5) is 32.7. The first-order chi connectivity index (χ1) is 14.7. The van der Waals surface area contributed by atoms with Gasteiger partial charge in [-0.05, 0) is 63.0 Å². The molecule has 2 amide bonds. The summed E-state index contributed by atoms with van der Waals surface area (Å²) in [5, 5.41) is 12.0. The third kappa shape index (κ3) is 5.20. The lowest BCUT2D eigenvalue weighted by atomic mass is 10.2. The van der Waals surface area contributed by atoms with Gasteiger partial charge in [0.05, 0.1) is 12.1 Å². The summed E-state index contributed by atoms with van der Waals surface area (Å²) in [6.07, 6.45) is 6.98. The first kappa shape index (κ1) is 20.0. The van der Waals surface area contributed by atoms with Gasteiger partial charge in [-0.1, -0.05) is 11.8 Å². The lowest BCUT2D eigenvalue weighted by Crippen LogP contribution is -2.35. The summed E-state index contributed by atoms with van der Waals surface area (Å²) in [6.45, 7) is 1.75. The van der Waals surface area contributed by atoms with Gasteiger partial charge in [-0.25, -0.2) is 9.97 Å². The van der Waals surface area contributed by atoms with Crippen molar-refractivity contribution in [1.82, 2.24) is 20.6 Å². The monoisotopic (exact) mass is 404 g/mol. The summed E-state index contributed by atoms with van der Waals surface area (Å²) in [6, 6.07) is 6.83. The molecule has 2 aromatic heterocycles. The Hall–Kier alpha value is -3.28. The zero-order chi connectivity index (χ0) is 20.8. The van der Waals surface area contributed by atoms with Crippen LogP contribution in [0.15, 0.2) is 36.7 Å². The molecule has 2 aliphatic rings. The van der Waals surface area contributed by atoms with Crippen LogP contribution in [0.1, 0.15) is 36.8 Å². The number of amides is 2. The van der Waals surface area contributed by atoms with Crippen LogP contribution in [0, 0.1) is 11.8 Å². The van der Waals surface area contributed by atoms with E-state index in [0.29, 0.717) is 11.6 Å². The molecule has 0 bridgehead atoms. The van der Waals surface area contributed by atoms with E-state index in [1.165, 1.54) is 0 Å². The maximum Gasteiger partial charge on any atom is 0.242 e. The SMILES string of the molecule is O=C(Nc1ccc(C#Cc2ccc(NC(=O)[C@@H]3CCCN3)nc2)cn1)[C@@H]1CCCN1. The van der Waals surface area contributed by atoms with Crippen LogP contribution in [0.2, 0.25) is 0 Å². The summed E-state index contributed by atoms with van der Waals surface area (Å²) in [5.41, 5.74) is 1.47. The standard InChI is InChI=1S/C22H24N6O2/c29-21(17-3-1-11-23-17)27-19-9-7-15(13-25-19)5-6-16-8-10-20(26-14-16)28-22(30)18-4-2-12-24-18/h7-10,13-14,17-18,23-24H,1-4,11-12H2,(H,25,27,29)(H,26,28,30)/t17-,18-/m0/s1. The van der Waals surface area contributed by atoms with Gasteiger partial charge in [-0.15, -0.1) is 0 Å². The number of hydrogen-bond acceptors (Lipinski definition) is 6. The third-order valence-corrected chi connectivity index (χ3v) is 5.13. The summed E-state index contributed by atoms with van der Waals surface area (Å²) < 4.78 is 0. The minimum Gasteiger partial charge on any atom is -0.309 e. The second-order valence-corrected chi connectivity index (χ2v) is 7.39. The number of anilines is 2. The van der Waals surface area contributed by atoms with Crippen LogP contribution in [-0.4, -0.2) is 47.0 Å². The molecule has 0 radical (unpaired) electrons. The molecule has 2 atom stereocenters. The molecule has 0 spiro atoms. The van der Waals surface area contributed by atoms with E-state index in [2.05, 4.69) is 43.1 Å². The number of pyridine rings is 2. The number of nitrogens with zero attached hydrogens (tertiary/aromatic N) is 2. The molecule has 0 aromatic carbocycles. The Morgan fingerprint density at radius 3 is 1.60 bits per heavy atom. The molecule has 0 saturated carbocycles. The average molecular weight is 404 g/mol. The quantitative estimate of drug-likeness (QED) is 0.572. The largest absolute Gasteiger partial charge is 0.309 e. The molecule has 154 valence electrons. The van der Waals surface area contributed by atoms with Gasteiger partial charge in [0, 0.05) is 23.5 Å². The first-order valence-electron chi connectivity index (χ1n) is 10.2. The van der Waals surface area contributed by atoms with E-state index in [-0.39, 0.29) is 23.9 Å². The van der Waals surface area contributed by atoms with Crippen LogP contribution in [0.3, 0.4) is 0 Å². The van der Waals surface area contributed by atoms with Crippen LogP contribution in [-0.2, 0) is 9.59 Å². The molecule has 4 heterocycles. The van der Waals surface area contributed by atoms with E-state index >= 15 is 0 Å². The van der Waals surface area contributed by atoms with Crippen molar-refractivity contribution in [2.24, 2.45) is 0 Å². The minimum atomic E-state index is -0.138. The minimum absolute atomic E-state index is 0.0548. The smallest absolute Gasteiger partial charge is 0.242 e. The molecule has 0 aliphatic carbocycles. The molecular formula is C22H24N6O2. The fourth-order valence-corrected chi connectivity index (χ4v) is 3.47. The van der Waals surface area contributed by atoms with Crippen molar-refractivity contribution >= 4 is 23.5 Å². The molecule has 2 aromatic rings. The van der Waals surface area contributed by atoms with Gasteiger partial charge in [-0.3, -0.25) is 9.59 Å². The Bertz CT molecular complexity index is 872. The predicted molar refractivity (Wildman–Crippen MR) is 114 cm³/mol. The highest BCUT2D eigenvalue weighted by Gasteiger charge is 2.22. The highest BCUT2D eigenvalue weighted by molar-refractivity contribution is 5.94. The van der Waals surface area contributed by atoms with Crippen molar-refractivity contribution < 1.29 is 9.59 Å². The number of carbonyl (C=O) groups excluding carboxylic acids is 2. The van der Waals surface area contributed by atoms with Gasteiger partial charge >= 0.3 is 0 Å². The Morgan fingerprint density at radius 2 is 1.27 bits per heavy atom. The van der Waals surface area contributed by atoms with Gasteiger partial charge in [0.25, 0.3) is 0 Å². The lowest BCUT2D eigenvalue weighted by Gasteiger charge is -2.10. The topological polar surface area (TPSA) is 108 Å². The fraction of sp³-hybridized carbons (Fsp3) is 0.364. The van der Waals surface area contributed by atoms with Gasteiger partial charge < -0.3 is 21.3 Å². The van der Waals surface area contributed by atoms with Crippen molar-refractivity contribution in [2.75, 3.05) is 23.7 Å². The second kappa shape index (κ2) is 9.48. The summed E-state index contributed by atoms with van der Waals surface area (Å²) >= 11 is 0. The van der Waals surface area contributed by atoms with Crippen LogP contribution in [0.4, 0.5) is 11.6 Å². The zero-order valence-electron chi connectivity index (χ0n) is 16.6. The average Bonchev–Trinajstić information content (AvgIpc) is 3.48. The van der Waals surface area contributed by atoms with Gasteiger partial charge in [0.1, 0.15) is 11.6 Å². The van der Waals surface area contributed by atoms with Crippen molar-refractivity contribution in [1.29, 1.82) is 0 Å². The molecule has 4 rings (SSSR count). The molecule has 2 fully saturated rings. The van der Waals surface area contributed by atoms with Crippen LogP contribution < -0.4 is 21.3 Å². The molecule has 8 heteroatoms. The van der Waals surface area contributed by atoms with E-state index in [4.69, 9.17) is 0 Å². The van der Waals surface area contributed by atoms with Crippen LogP contribution in [0.25, 0.3) is 0 Å². The molecule has 30 heavy (non-hydrogen) atoms. The molecular weight excluding hydrogens is 380 g/mol. The first-order valence-corrected chi connectivity index (χ1v) is 10.2. The summed E-state index contributed by atoms with van der Waals surface area (Å²) in [5.74, 6) is 6.97. The number of rotatable bonds is 4. The Balaban J connectivity index is 1.31. The van der Waals surface area contributed by atoms with Crippen molar-refractivity contribution in [3.05, 3.63) is 47.8 Å². The van der Waals surface area contributed by atoms with Gasteiger partial charge in [0.2, 0.25) is 11.8 Å². The molecule has 2 aliphatic heterocycles. The molecule has 0 unspecified atom stereocenters. The second-order valence-electron chi connectivity index (χ2n) is 7.39. The molecule has 4 N–H and O–H groups in total. The van der Waals surface area contributed by atoms with Crippen LogP contribution in [0.5, 0.6) is 0 Å². The predicted octanol–water partition coefficient (Wildman–Crippen LogP) is 1.26. The third-order valence-electron chi connectivity index (χ3n) is 5.13. The van der Waals surface area contributed by atoms with E-state index < -0.39 is 0 Å².